The SMILES string of the molecule is C=Cn1cccc1C(=O)C(F)(F)F. The van der Waals surface area contributed by atoms with Crippen molar-refractivity contribution >= 4 is 12.0 Å². The molecule has 0 saturated heterocycles. The molecule has 0 aliphatic heterocycles. The molecule has 0 N–H and O–H groups in total. The third kappa shape index (κ3) is 1.80. The van der Waals surface area contributed by atoms with Gasteiger partial charge in [-0.1, -0.05) is 6.58 Å². The van der Waals surface area contributed by atoms with E-state index >= 15 is 0 Å². The second kappa shape index (κ2) is 3.08. The quantitative estimate of drug-likeness (QED) is 0.654. The Bertz CT molecular complexity index is 337. The molecule has 0 atom stereocenters. The molecule has 0 fully saturated rings. The molecule has 0 aliphatic rings. The first-order valence-electron chi connectivity index (χ1n) is 3.37. The van der Waals surface area contributed by atoms with E-state index < -0.39 is 17.7 Å². The first-order valence-corrected chi connectivity index (χ1v) is 3.37. The predicted molar refractivity (Wildman–Crippen MR) is 41.2 cm³/mol. The van der Waals surface area contributed by atoms with Crippen LogP contribution in [-0.4, -0.2) is 16.5 Å². The van der Waals surface area contributed by atoms with Crippen LogP contribution in [0.5, 0.6) is 0 Å². The number of carbonyl (C=O) groups is 1. The van der Waals surface area contributed by atoms with Crippen molar-refractivity contribution in [1.82, 2.24) is 4.57 Å². The molecule has 1 heterocycles. The number of alkyl halides is 3. The summed E-state index contributed by atoms with van der Waals surface area (Å²) < 4.78 is 36.8. The van der Waals surface area contributed by atoms with Crippen LogP contribution in [-0.2, 0) is 0 Å². The minimum Gasteiger partial charge on any atom is -0.321 e. The van der Waals surface area contributed by atoms with Crippen LogP contribution in [0.15, 0.2) is 24.9 Å². The van der Waals surface area contributed by atoms with Gasteiger partial charge >= 0.3 is 6.18 Å². The molecule has 1 aromatic heterocycles. The molecule has 1 rings (SSSR count). The lowest BCUT2D eigenvalue weighted by molar-refractivity contribution is -0.0889. The number of aromatic nitrogens is 1. The molecule has 0 radical (unpaired) electrons. The summed E-state index contributed by atoms with van der Waals surface area (Å²) in [5, 5.41) is 0. The van der Waals surface area contributed by atoms with E-state index in [0.29, 0.717) is 0 Å². The van der Waals surface area contributed by atoms with E-state index in [0.717, 1.165) is 16.8 Å². The summed E-state index contributed by atoms with van der Waals surface area (Å²) in [6.45, 7) is 3.27. The van der Waals surface area contributed by atoms with Crippen LogP contribution >= 0.6 is 0 Å². The molecular weight excluding hydrogens is 183 g/mol. The molecule has 0 spiro atoms. The summed E-state index contributed by atoms with van der Waals surface area (Å²) in [5.41, 5.74) is -0.428. The van der Waals surface area contributed by atoms with Gasteiger partial charge in [0.05, 0.1) is 5.69 Å². The van der Waals surface area contributed by atoms with E-state index in [4.69, 9.17) is 0 Å². The molecule has 0 aromatic carbocycles. The fraction of sp³-hybridized carbons (Fsp3) is 0.125. The zero-order chi connectivity index (χ0) is 10.1. The maximum atomic E-state index is 11.9. The highest BCUT2D eigenvalue weighted by Crippen LogP contribution is 2.21. The van der Waals surface area contributed by atoms with Crippen molar-refractivity contribution in [2.75, 3.05) is 0 Å². The van der Waals surface area contributed by atoms with Gasteiger partial charge in [0.1, 0.15) is 0 Å². The average Bonchev–Trinajstić information content (AvgIpc) is 2.48. The van der Waals surface area contributed by atoms with Crippen LogP contribution < -0.4 is 0 Å². The minimum absolute atomic E-state index is 0.428. The number of nitrogens with zero attached hydrogens (tertiary/aromatic N) is 1. The molecule has 2 nitrogen and oxygen atoms in total. The fourth-order valence-electron chi connectivity index (χ4n) is 0.891. The number of rotatable bonds is 2. The number of Topliss-reactive ketones (excluding diaryl/α,β-unsaturated/α-hetero) is 1. The topological polar surface area (TPSA) is 22.0 Å². The summed E-state index contributed by atoms with van der Waals surface area (Å²) >= 11 is 0. The van der Waals surface area contributed by atoms with E-state index in [1.807, 2.05) is 0 Å². The van der Waals surface area contributed by atoms with Crippen molar-refractivity contribution in [3.05, 3.63) is 30.6 Å². The zero-order valence-electron chi connectivity index (χ0n) is 6.51. The highest BCUT2D eigenvalue weighted by molar-refractivity contribution is 5.99. The zero-order valence-corrected chi connectivity index (χ0v) is 6.51. The maximum Gasteiger partial charge on any atom is 0.456 e. The van der Waals surface area contributed by atoms with Crippen molar-refractivity contribution in [3.8, 4) is 0 Å². The molecule has 0 saturated carbocycles. The maximum absolute atomic E-state index is 11.9. The third-order valence-corrected chi connectivity index (χ3v) is 1.47. The van der Waals surface area contributed by atoms with Crippen LogP contribution in [0.25, 0.3) is 6.20 Å². The Kier molecular flexibility index (Phi) is 2.27. The Labute approximate surface area is 72.3 Å². The second-order valence-corrected chi connectivity index (χ2v) is 2.31. The summed E-state index contributed by atoms with van der Waals surface area (Å²) in [7, 11) is 0. The Balaban J connectivity index is 3.09. The van der Waals surface area contributed by atoms with Crippen molar-refractivity contribution in [3.63, 3.8) is 0 Å². The Morgan fingerprint density at radius 3 is 2.62 bits per heavy atom. The molecule has 0 bridgehead atoms. The van der Waals surface area contributed by atoms with Gasteiger partial charge in [0, 0.05) is 12.4 Å². The smallest absolute Gasteiger partial charge is 0.321 e. The van der Waals surface area contributed by atoms with E-state index in [2.05, 4.69) is 6.58 Å². The molecule has 0 amide bonds. The number of halogens is 3. The number of carbonyl (C=O) groups excluding carboxylic acids is 1. The lowest BCUT2D eigenvalue weighted by atomic mass is 10.3. The van der Waals surface area contributed by atoms with E-state index in [1.165, 1.54) is 12.3 Å². The van der Waals surface area contributed by atoms with Gasteiger partial charge in [-0.25, -0.2) is 0 Å². The normalized spacial score (nSPS) is 11.3. The minimum atomic E-state index is -4.83. The summed E-state index contributed by atoms with van der Waals surface area (Å²) in [6.07, 6.45) is -2.37. The molecule has 0 aliphatic carbocycles. The van der Waals surface area contributed by atoms with Crippen LogP contribution in [0.1, 0.15) is 10.5 Å². The van der Waals surface area contributed by atoms with E-state index in [-0.39, 0.29) is 0 Å². The highest BCUT2D eigenvalue weighted by Gasteiger charge is 2.40. The van der Waals surface area contributed by atoms with Crippen molar-refractivity contribution in [1.29, 1.82) is 0 Å². The van der Waals surface area contributed by atoms with Crippen molar-refractivity contribution in [2.45, 2.75) is 6.18 Å². The monoisotopic (exact) mass is 189 g/mol. The lowest BCUT2D eigenvalue weighted by Gasteiger charge is -2.05. The van der Waals surface area contributed by atoms with Gasteiger partial charge in [-0.3, -0.25) is 4.79 Å². The molecule has 5 heteroatoms. The van der Waals surface area contributed by atoms with Crippen LogP contribution in [0.3, 0.4) is 0 Å². The van der Waals surface area contributed by atoms with Gasteiger partial charge in [-0.05, 0) is 12.1 Å². The van der Waals surface area contributed by atoms with Gasteiger partial charge < -0.3 is 4.57 Å². The number of hydrogen-bond acceptors (Lipinski definition) is 1. The second-order valence-electron chi connectivity index (χ2n) is 2.31. The van der Waals surface area contributed by atoms with Crippen LogP contribution in [0, 0.1) is 0 Å². The van der Waals surface area contributed by atoms with Crippen LogP contribution in [0.4, 0.5) is 13.2 Å². The standard InChI is InChI=1S/C8H6F3NO/c1-2-12-5-3-4-6(12)7(13)8(9,10)11/h2-5H,1H2. The summed E-state index contributed by atoms with van der Waals surface area (Å²) in [6, 6.07) is 2.44. The van der Waals surface area contributed by atoms with Gasteiger partial charge in [0.25, 0.3) is 5.78 Å². The van der Waals surface area contributed by atoms with Gasteiger partial charge in [0.15, 0.2) is 0 Å². The summed E-state index contributed by atoms with van der Waals surface area (Å²) in [4.78, 5) is 10.7. The molecule has 13 heavy (non-hydrogen) atoms. The first kappa shape index (κ1) is 9.57. The molecular formula is C8H6F3NO. The van der Waals surface area contributed by atoms with E-state index in [9.17, 15) is 18.0 Å². The van der Waals surface area contributed by atoms with E-state index in [1.54, 1.807) is 0 Å². The third-order valence-electron chi connectivity index (χ3n) is 1.47. The molecule has 70 valence electrons. The predicted octanol–water partition coefficient (Wildman–Crippen LogP) is 2.33. The Morgan fingerprint density at radius 1 is 1.54 bits per heavy atom. The lowest BCUT2D eigenvalue weighted by Crippen LogP contribution is -2.24. The van der Waals surface area contributed by atoms with Gasteiger partial charge in [-0.2, -0.15) is 13.2 Å². The molecule has 0 unspecified atom stereocenters. The van der Waals surface area contributed by atoms with Crippen LogP contribution in [0.2, 0.25) is 0 Å². The largest absolute Gasteiger partial charge is 0.456 e. The van der Waals surface area contributed by atoms with Gasteiger partial charge in [0.2, 0.25) is 0 Å². The van der Waals surface area contributed by atoms with Crippen molar-refractivity contribution < 1.29 is 18.0 Å². The Morgan fingerprint density at radius 2 is 2.15 bits per heavy atom. The van der Waals surface area contributed by atoms with Gasteiger partial charge in [-0.15, -0.1) is 0 Å². The number of ketones is 1. The fourth-order valence-corrected chi connectivity index (χ4v) is 0.891. The first-order chi connectivity index (χ1) is 5.96. The number of hydrogen-bond donors (Lipinski definition) is 0. The molecule has 1 aromatic rings. The summed E-state index contributed by atoms with van der Waals surface area (Å²) in [5.74, 6) is -1.86. The average molecular weight is 189 g/mol. The highest BCUT2D eigenvalue weighted by atomic mass is 19.4. The van der Waals surface area contributed by atoms with Crippen molar-refractivity contribution in [2.24, 2.45) is 0 Å². The Hall–Kier alpha value is -1.52.